The smallest absolute Gasteiger partial charge is 0.192 e. The molecule has 0 heterocycles. The standard InChI is InChI=1S/C15H22BrFOSi.C9H8BrFO.C9H6BrFO/c1-15(2,3)19(4,5)18-13-9-6-10-11(16)7-8-12(17)14(10)13;2*10-6-2-3-7(11)9-5(6)1-4-8(9)12/h7-8,13H,6,9H2,1-5H3;2-3,8,12H,1,4H2;2-3H,1,4H2/t13-;8-;/m00./s1. The molecule has 3 aromatic carbocycles. The van der Waals surface area contributed by atoms with Crippen LogP contribution in [-0.4, -0.2) is 19.2 Å². The molecule has 0 fully saturated rings. The van der Waals surface area contributed by atoms with Gasteiger partial charge >= 0.3 is 0 Å². The molecule has 0 aromatic heterocycles. The maximum atomic E-state index is 14.1. The molecule has 2 atom stereocenters. The summed E-state index contributed by atoms with van der Waals surface area (Å²) in [6.07, 6.45) is 3.59. The van der Waals surface area contributed by atoms with Crippen LogP contribution in [0.15, 0.2) is 49.8 Å². The number of halogens is 6. The van der Waals surface area contributed by atoms with Crippen LogP contribution in [0.5, 0.6) is 0 Å². The molecular weight excluding hydrogens is 769 g/mol. The minimum Gasteiger partial charge on any atom is -0.410 e. The second-order valence-electron chi connectivity index (χ2n) is 12.6. The van der Waals surface area contributed by atoms with Gasteiger partial charge in [-0.2, -0.15) is 0 Å². The van der Waals surface area contributed by atoms with Crippen molar-refractivity contribution in [2.45, 2.75) is 89.6 Å². The van der Waals surface area contributed by atoms with E-state index in [1.165, 1.54) is 18.2 Å². The Kier molecular flexibility index (Phi) is 10.9. The SMILES string of the molecule is CC(C)(C)[Si](C)(C)O[C@H]1CCc2c(Br)ccc(F)c21.O=C1CCc2c(Br)ccc(F)c21.O[C@H]1CCc2c(Br)ccc(F)c21. The minimum absolute atomic E-state index is 0.0756. The van der Waals surface area contributed by atoms with Crippen molar-refractivity contribution in [3.8, 4) is 0 Å². The van der Waals surface area contributed by atoms with Gasteiger partial charge < -0.3 is 9.53 Å². The Hall–Kier alpha value is -1.30. The average molecular weight is 805 g/mol. The first-order chi connectivity index (χ1) is 20.0. The van der Waals surface area contributed by atoms with Gasteiger partial charge in [-0.1, -0.05) is 68.6 Å². The van der Waals surface area contributed by atoms with Gasteiger partial charge in [0, 0.05) is 31.0 Å². The van der Waals surface area contributed by atoms with Crippen molar-refractivity contribution in [3.05, 3.63) is 101 Å². The highest BCUT2D eigenvalue weighted by Crippen LogP contribution is 2.45. The molecule has 0 saturated carbocycles. The van der Waals surface area contributed by atoms with Crippen molar-refractivity contribution in [1.82, 2.24) is 0 Å². The largest absolute Gasteiger partial charge is 0.410 e. The van der Waals surface area contributed by atoms with Gasteiger partial charge in [-0.05, 0) is 103 Å². The fraction of sp³-hybridized carbons (Fsp3) is 0.424. The fourth-order valence-electron chi connectivity index (χ4n) is 5.43. The van der Waals surface area contributed by atoms with Crippen molar-refractivity contribution >= 4 is 61.9 Å². The van der Waals surface area contributed by atoms with E-state index >= 15 is 0 Å². The van der Waals surface area contributed by atoms with Crippen LogP contribution in [-0.2, 0) is 23.7 Å². The number of rotatable bonds is 2. The van der Waals surface area contributed by atoms with E-state index in [-0.39, 0.29) is 34.1 Å². The van der Waals surface area contributed by atoms with Gasteiger partial charge in [0.2, 0.25) is 0 Å². The number of ketones is 1. The van der Waals surface area contributed by atoms with Crippen LogP contribution in [0.3, 0.4) is 0 Å². The van der Waals surface area contributed by atoms with Crippen LogP contribution >= 0.6 is 47.8 Å². The van der Waals surface area contributed by atoms with E-state index in [1.54, 1.807) is 18.2 Å². The van der Waals surface area contributed by atoms with Gasteiger partial charge in [-0.3, -0.25) is 4.79 Å². The summed E-state index contributed by atoms with van der Waals surface area (Å²) >= 11 is 10.1. The van der Waals surface area contributed by atoms with Crippen molar-refractivity contribution in [3.63, 3.8) is 0 Å². The highest BCUT2D eigenvalue weighted by Gasteiger charge is 2.41. The third-order valence-electron chi connectivity index (χ3n) is 8.80. The zero-order chi connectivity index (χ0) is 31.9. The third kappa shape index (κ3) is 7.41. The number of carbonyl (C=O) groups is 1. The number of hydrogen-bond donors (Lipinski definition) is 1. The second-order valence-corrected chi connectivity index (χ2v) is 19.9. The lowest BCUT2D eigenvalue weighted by molar-refractivity contribution is 0.0991. The molecule has 232 valence electrons. The van der Waals surface area contributed by atoms with E-state index in [0.717, 1.165) is 54.9 Å². The molecule has 3 aliphatic carbocycles. The molecule has 3 nitrogen and oxygen atoms in total. The molecule has 0 spiro atoms. The van der Waals surface area contributed by atoms with Gasteiger partial charge in [0.05, 0.1) is 17.8 Å². The average Bonchev–Trinajstić information content (AvgIpc) is 3.65. The summed E-state index contributed by atoms with van der Waals surface area (Å²) in [6.45, 7) is 11.1. The topological polar surface area (TPSA) is 46.5 Å². The van der Waals surface area contributed by atoms with E-state index in [4.69, 9.17) is 4.43 Å². The van der Waals surface area contributed by atoms with Gasteiger partial charge in [0.1, 0.15) is 17.5 Å². The van der Waals surface area contributed by atoms with Crippen molar-refractivity contribution in [2.24, 2.45) is 0 Å². The highest BCUT2D eigenvalue weighted by molar-refractivity contribution is 9.11. The third-order valence-corrected chi connectivity index (χ3v) is 15.5. The first-order valence-electron chi connectivity index (χ1n) is 14.3. The highest BCUT2D eigenvalue weighted by atomic mass is 79.9. The molecular formula is C33H36Br3F3O3Si. The Morgan fingerprint density at radius 3 is 1.77 bits per heavy atom. The molecule has 0 amide bonds. The molecule has 0 unspecified atom stereocenters. The van der Waals surface area contributed by atoms with Crippen LogP contribution in [0.2, 0.25) is 18.1 Å². The van der Waals surface area contributed by atoms with E-state index in [9.17, 15) is 23.1 Å². The Balaban J connectivity index is 0.000000154. The van der Waals surface area contributed by atoms with Crippen LogP contribution in [0.4, 0.5) is 13.2 Å². The van der Waals surface area contributed by atoms with Crippen LogP contribution < -0.4 is 0 Å². The first-order valence-corrected chi connectivity index (χ1v) is 19.6. The second kappa shape index (κ2) is 13.6. The number of fused-ring (bicyclic) bond motifs is 3. The number of aliphatic hydroxyl groups excluding tert-OH is 1. The molecule has 43 heavy (non-hydrogen) atoms. The normalized spacial score (nSPS) is 18.7. The monoisotopic (exact) mass is 802 g/mol. The molecule has 10 heteroatoms. The molecule has 0 bridgehead atoms. The van der Waals surface area contributed by atoms with Crippen LogP contribution in [0.1, 0.15) is 90.4 Å². The summed E-state index contributed by atoms with van der Waals surface area (Å²) in [5.74, 6) is -0.892. The van der Waals surface area contributed by atoms with Gasteiger partial charge in [-0.15, -0.1) is 0 Å². The van der Waals surface area contributed by atoms with E-state index in [1.807, 2.05) is 0 Å². The molecule has 3 aliphatic rings. The van der Waals surface area contributed by atoms with E-state index in [2.05, 4.69) is 81.7 Å². The zero-order valence-corrected chi connectivity index (χ0v) is 30.7. The van der Waals surface area contributed by atoms with Gasteiger partial charge in [-0.25, -0.2) is 13.2 Å². The Labute approximate surface area is 278 Å². The first kappa shape index (κ1) is 34.6. The Bertz CT molecular complexity index is 1540. The fourth-order valence-corrected chi connectivity index (χ4v) is 8.35. The lowest BCUT2D eigenvalue weighted by Crippen LogP contribution is -2.41. The summed E-state index contributed by atoms with van der Waals surface area (Å²) < 4.78 is 49.5. The maximum Gasteiger partial charge on any atom is 0.192 e. The molecule has 0 radical (unpaired) electrons. The minimum atomic E-state index is -1.86. The van der Waals surface area contributed by atoms with Crippen LogP contribution in [0, 0.1) is 17.5 Å². The molecule has 0 aliphatic heterocycles. The molecule has 6 rings (SSSR count). The molecule has 3 aromatic rings. The lowest BCUT2D eigenvalue weighted by Gasteiger charge is -2.38. The predicted molar refractivity (Wildman–Crippen MR) is 178 cm³/mol. The van der Waals surface area contributed by atoms with Crippen molar-refractivity contribution < 1.29 is 27.5 Å². The summed E-state index contributed by atoms with van der Waals surface area (Å²) in [4.78, 5) is 11.2. The van der Waals surface area contributed by atoms with E-state index in [0.29, 0.717) is 24.8 Å². The zero-order valence-electron chi connectivity index (χ0n) is 24.9. The quantitative estimate of drug-likeness (QED) is 0.263. The molecule has 0 saturated heterocycles. The number of aliphatic hydroxyl groups is 1. The molecule has 1 N–H and O–H groups in total. The summed E-state index contributed by atoms with van der Waals surface area (Å²) in [7, 11) is -1.86. The van der Waals surface area contributed by atoms with E-state index < -0.39 is 20.2 Å². The van der Waals surface area contributed by atoms with Gasteiger partial charge in [0.15, 0.2) is 14.1 Å². The van der Waals surface area contributed by atoms with Gasteiger partial charge in [0.25, 0.3) is 0 Å². The number of Topliss-reactive ketones (excluding diaryl/α,β-unsaturated/α-hetero) is 1. The van der Waals surface area contributed by atoms with Crippen molar-refractivity contribution in [1.29, 1.82) is 0 Å². The Morgan fingerprint density at radius 1 is 0.744 bits per heavy atom. The number of benzene rings is 3. The maximum absolute atomic E-state index is 14.1. The van der Waals surface area contributed by atoms with Crippen LogP contribution in [0.25, 0.3) is 0 Å². The lowest BCUT2D eigenvalue weighted by atomic mass is 10.1. The Morgan fingerprint density at radius 2 is 1.23 bits per heavy atom. The predicted octanol–water partition coefficient (Wildman–Crippen LogP) is 10.9. The number of carbonyl (C=O) groups excluding carboxylic acids is 1. The summed E-state index contributed by atoms with van der Waals surface area (Å²) in [5.41, 5.74) is 4.36. The summed E-state index contributed by atoms with van der Waals surface area (Å²) in [6, 6.07) is 9.38. The summed E-state index contributed by atoms with van der Waals surface area (Å²) in [5, 5.41) is 9.58. The van der Waals surface area contributed by atoms with Crippen molar-refractivity contribution in [2.75, 3.05) is 0 Å². The number of hydrogen-bond acceptors (Lipinski definition) is 3.